The van der Waals surface area contributed by atoms with Gasteiger partial charge in [0.1, 0.15) is 30.5 Å². The summed E-state index contributed by atoms with van der Waals surface area (Å²) in [6.07, 6.45) is -3.72. The first-order valence-corrected chi connectivity index (χ1v) is 22.7. The Morgan fingerprint density at radius 3 is 2.10 bits per heavy atom. The highest BCUT2D eigenvalue weighted by Crippen LogP contribution is 2.79. The lowest BCUT2D eigenvalue weighted by atomic mass is 9.32. The van der Waals surface area contributed by atoms with Crippen LogP contribution in [0.1, 0.15) is 114 Å². The molecule has 3 heterocycles. The third-order valence-corrected chi connectivity index (χ3v) is 18.5. The van der Waals surface area contributed by atoms with E-state index in [9.17, 15) is 40.2 Å². The molecule has 0 amide bonds. The van der Waals surface area contributed by atoms with E-state index in [1.54, 1.807) is 6.92 Å². The second kappa shape index (κ2) is 15.4. The van der Waals surface area contributed by atoms with Crippen LogP contribution in [0.15, 0.2) is 12.2 Å². The van der Waals surface area contributed by atoms with Crippen molar-refractivity contribution in [2.45, 2.75) is 193 Å². The summed E-state index contributed by atoms with van der Waals surface area (Å²) in [5.41, 5.74) is -2.09. The molecular formula is C46H72O15. The highest BCUT2D eigenvalue weighted by Gasteiger charge is 2.79. The molecule has 6 N–H and O–H groups in total. The molecule has 346 valence electrons. The van der Waals surface area contributed by atoms with E-state index >= 15 is 0 Å². The van der Waals surface area contributed by atoms with Gasteiger partial charge in [-0.25, -0.2) is 0 Å². The number of allylic oxidation sites excluding steroid dienone is 1. The number of ether oxygens (including phenoxy) is 7. The van der Waals surface area contributed by atoms with Gasteiger partial charge in [0.25, 0.3) is 0 Å². The van der Waals surface area contributed by atoms with Crippen molar-refractivity contribution >= 4 is 11.9 Å². The highest BCUT2D eigenvalue weighted by molar-refractivity contribution is 5.67. The zero-order valence-corrected chi connectivity index (χ0v) is 37.5. The van der Waals surface area contributed by atoms with Crippen molar-refractivity contribution in [2.24, 2.45) is 50.2 Å². The van der Waals surface area contributed by atoms with Gasteiger partial charge in [0.2, 0.25) is 0 Å². The summed E-state index contributed by atoms with van der Waals surface area (Å²) in [6, 6.07) is 0. The minimum absolute atomic E-state index is 0.00538. The molecule has 61 heavy (non-hydrogen) atoms. The lowest BCUT2D eigenvalue weighted by Crippen LogP contribution is -2.72. The second-order valence-corrected chi connectivity index (χ2v) is 22.1. The van der Waals surface area contributed by atoms with E-state index in [-0.39, 0.29) is 51.4 Å². The zero-order valence-electron chi connectivity index (χ0n) is 37.5. The molecule has 8 rings (SSSR count). The number of carbonyl (C=O) groups is 2. The third kappa shape index (κ3) is 6.59. The van der Waals surface area contributed by atoms with Gasteiger partial charge in [0, 0.05) is 36.0 Å². The number of hydrogen-bond donors (Lipinski definition) is 6. The van der Waals surface area contributed by atoms with Crippen molar-refractivity contribution in [3.8, 4) is 0 Å². The fourth-order valence-electron chi connectivity index (χ4n) is 14.9. The summed E-state index contributed by atoms with van der Waals surface area (Å²) < 4.78 is 42.7. The fourth-order valence-corrected chi connectivity index (χ4v) is 14.9. The van der Waals surface area contributed by atoms with E-state index in [4.69, 9.17) is 33.2 Å². The number of fused-ring (bicyclic) bond motifs is 4. The number of esters is 2. The summed E-state index contributed by atoms with van der Waals surface area (Å²) in [6.45, 7) is 17.5. The van der Waals surface area contributed by atoms with E-state index in [0.29, 0.717) is 19.4 Å². The Bertz CT molecular complexity index is 1720. The smallest absolute Gasteiger partial charge is 0.303 e. The molecule has 0 radical (unpaired) electrons. The van der Waals surface area contributed by atoms with E-state index < -0.39 is 103 Å². The molecule has 7 fully saturated rings. The predicted molar refractivity (Wildman–Crippen MR) is 216 cm³/mol. The standard InChI is InChI=1S/C46H72O15/c1-23-32(52)35(61-39-37(58-25(3)50)36(57-24(2)49)33(53)26(20-47)59-39)34(54)38(56-23)60-31-12-13-41(6)27(42(31,7)21-48)10-14-43(8)28(41)11-15-46-29-18-40(4,5)16-17-45(29,22-55-46)30(51)19-44(43,46)9/h11,15,23,26-39,47-48,51-54H,10,12-14,16-22H2,1-9H3. The first kappa shape index (κ1) is 45.8. The summed E-state index contributed by atoms with van der Waals surface area (Å²) in [7, 11) is 0. The molecular weight excluding hydrogens is 792 g/mol. The quantitative estimate of drug-likeness (QED) is 0.117. The van der Waals surface area contributed by atoms with Crippen LogP contribution in [0.4, 0.5) is 0 Å². The van der Waals surface area contributed by atoms with Crippen LogP contribution in [-0.4, -0.2) is 142 Å². The maximum atomic E-state index is 12.2. The molecule has 3 saturated heterocycles. The zero-order chi connectivity index (χ0) is 44.5. The molecule has 15 nitrogen and oxygen atoms in total. The van der Waals surface area contributed by atoms with Gasteiger partial charge in [-0.1, -0.05) is 53.7 Å². The monoisotopic (exact) mass is 864 g/mol. The van der Waals surface area contributed by atoms with Gasteiger partial charge < -0.3 is 63.8 Å². The Labute approximate surface area is 359 Å². The van der Waals surface area contributed by atoms with E-state index in [1.807, 2.05) is 0 Å². The number of aliphatic hydroxyl groups excluding tert-OH is 6. The van der Waals surface area contributed by atoms with Gasteiger partial charge in [-0.2, -0.15) is 0 Å². The van der Waals surface area contributed by atoms with Crippen LogP contribution in [0.5, 0.6) is 0 Å². The normalized spacial score (nSPS) is 54.7. The van der Waals surface area contributed by atoms with Crippen LogP contribution in [0, 0.1) is 50.2 Å². The van der Waals surface area contributed by atoms with Crippen LogP contribution in [0.25, 0.3) is 0 Å². The van der Waals surface area contributed by atoms with Crippen molar-refractivity contribution in [1.29, 1.82) is 0 Å². The average molecular weight is 865 g/mol. The number of hydrogen-bond acceptors (Lipinski definition) is 15. The maximum Gasteiger partial charge on any atom is 0.303 e. The molecule has 5 aliphatic carbocycles. The van der Waals surface area contributed by atoms with Gasteiger partial charge in [0.05, 0.1) is 43.7 Å². The van der Waals surface area contributed by atoms with Crippen molar-refractivity contribution < 1.29 is 73.4 Å². The molecule has 3 aliphatic heterocycles. The Morgan fingerprint density at radius 2 is 1.44 bits per heavy atom. The van der Waals surface area contributed by atoms with Gasteiger partial charge in [-0.05, 0) is 86.4 Å². The molecule has 21 atom stereocenters. The predicted octanol–water partition coefficient (Wildman–Crippen LogP) is 2.92. The molecule has 1 spiro atoms. The minimum Gasteiger partial charge on any atom is -0.455 e. The molecule has 0 aromatic carbocycles. The highest BCUT2D eigenvalue weighted by atomic mass is 16.7. The van der Waals surface area contributed by atoms with Gasteiger partial charge in [0.15, 0.2) is 24.8 Å². The second-order valence-electron chi connectivity index (χ2n) is 22.1. The molecule has 8 aliphatic rings. The van der Waals surface area contributed by atoms with E-state index in [2.05, 4.69) is 53.7 Å². The van der Waals surface area contributed by atoms with Crippen LogP contribution in [0.2, 0.25) is 0 Å². The number of carbonyl (C=O) groups excluding carboxylic acids is 2. The molecule has 15 heteroatoms. The molecule has 2 bridgehead atoms. The van der Waals surface area contributed by atoms with Crippen molar-refractivity contribution in [3.05, 3.63) is 12.2 Å². The average Bonchev–Trinajstić information content (AvgIpc) is 3.46. The Balaban J connectivity index is 1.05. The first-order chi connectivity index (χ1) is 28.5. The van der Waals surface area contributed by atoms with E-state index in [1.165, 1.54) is 0 Å². The topological polar surface area (TPSA) is 220 Å². The third-order valence-electron chi connectivity index (χ3n) is 18.5. The van der Waals surface area contributed by atoms with Crippen LogP contribution in [-0.2, 0) is 42.7 Å². The van der Waals surface area contributed by atoms with Gasteiger partial charge >= 0.3 is 11.9 Å². The number of rotatable bonds is 8. The van der Waals surface area contributed by atoms with Crippen LogP contribution >= 0.6 is 0 Å². The Kier molecular flexibility index (Phi) is 11.6. The first-order valence-electron chi connectivity index (χ1n) is 22.7. The van der Waals surface area contributed by atoms with Crippen molar-refractivity contribution in [1.82, 2.24) is 0 Å². The largest absolute Gasteiger partial charge is 0.455 e. The van der Waals surface area contributed by atoms with Crippen LogP contribution < -0.4 is 0 Å². The minimum atomic E-state index is -1.62. The summed E-state index contributed by atoms with van der Waals surface area (Å²) in [5, 5.41) is 67.7. The Morgan fingerprint density at radius 1 is 0.754 bits per heavy atom. The summed E-state index contributed by atoms with van der Waals surface area (Å²) >= 11 is 0. The lowest BCUT2D eigenvalue weighted by molar-refractivity contribution is -0.368. The van der Waals surface area contributed by atoms with Crippen LogP contribution in [0.3, 0.4) is 0 Å². The Hall–Kier alpha value is -1.76. The summed E-state index contributed by atoms with van der Waals surface area (Å²) in [5.74, 6) is -1.23. The SMILES string of the molecule is CC(=O)OC1C(OC2C(O)C(C)OC(OC3CCC4(C)C(CCC5(C)C4C=CC46OCC7(CCC(C)(C)CC74)C(O)CC56C)C3(C)CO)C2O)OC(CO)C(O)C1OC(C)=O. The van der Waals surface area contributed by atoms with E-state index in [0.717, 1.165) is 52.4 Å². The summed E-state index contributed by atoms with van der Waals surface area (Å²) in [4.78, 5) is 24.2. The lowest BCUT2D eigenvalue weighted by Gasteiger charge is -2.73. The molecule has 0 aromatic heterocycles. The maximum absolute atomic E-state index is 12.2. The molecule has 21 unspecified atom stereocenters. The van der Waals surface area contributed by atoms with Gasteiger partial charge in [-0.15, -0.1) is 0 Å². The number of aliphatic hydroxyl groups is 6. The van der Waals surface area contributed by atoms with Crippen molar-refractivity contribution in [2.75, 3.05) is 19.8 Å². The molecule has 0 aromatic rings. The fraction of sp³-hybridized carbons (Fsp3) is 0.913. The van der Waals surface area contributed by atoms with Crippen molar-refractivity contribution in [3.63, 3.8) is 0 Å². The molecule has 4 saturated carbocycles. The van der Waals surface area contributed by atoms with Gasteiger partial charge in [-0.3, -0.25) is 9.59 Å².